The van der Waals surface area contributed by atoms with E-state index in [1.54, 1.807) is 19.2 Å². The maximum absolute atomic E-state index is 13.7. The first-order valence-electron chi connectivity index (χ1n) is 10.1. The predicted octanol–water partition coefficient (Wildman–Crippen LogP) is 5.94. The predicted molar refractivity (Wildman–Crippen MR) is 119 cm³/mol. The van der Waals surface area contributed by atoms with Crippen molar-refractivity contribution in [3.8, 4) is 5.75 Å². The highest BCUT2D eigenvalue weighted by Gasteiger charge is 2.27. The van der Waals surface area contributed by atoms with E-state index in [1.165, 1.54) is 6.07 Å². The highest BCUT2D eigenvalue weighted by atomic mass is 19.1. The van der Waals surface area contributed by atoms with Crippen molar-refractivity contribution >= 4 is 17.5 Å². The molecule has 0 fully saturated rings. The molecule has 0 heterocycles. The van der Waals surface area contributed by atoms with Crippen LogP contribution in [0.25, 0.3) is 6.08 Å². The number of benzene rings is 2. The second-order valence-corrected chi connectivity index (χ2v) is 6.81. The minimum Gasteiger partial charge on any atom is -0.496 e. The molecule has 0 saturated heterocycles. The summed E-state index contributed by atoms with van der Waals surface area (Å²) in [4.78, 5) is 0. The summed E-state index contributed by atoms with van der Waals surface area (Å²) in [5.74, 6) is 0.623. The summed E-state index contributed by atoms with van der Waals surface area (Å²) in [5.41, 5.74) is 7.85. The Balaban J connectivity index is 0.00000190. The van der Waals surface area contributed by atoms with Crippen LogP contribution >= 0.6 is 0 Å². The zero-order valence-electron chi connectivity index (χ0n) is 18.2. The van der Waals surface area contributed by atoms with Crippen LogP contribution in [0.5, 0.6) is 5.75 Å². The van der Waals surface area contributed by atoms with Crippen LogP contribution in [0.15, 0.2) is 42.5 Å². The number of ether oxygens (including phenoxy) is 1. The minimum absolute atomic E-state index is 0.160. The molecule has 2 aromatic rings. The molecule has 0 radical (unpaired) electrons. The minimum atomic E-state index is -0.211. The van der Waals surface area contributed by atoms with Crippen molar-refractivity contribution in [3.05, 3.63) is 59.4 Å². The van der Waals surface area contributed by atoms with Gasteiger partial charge in [0.1, 0.15) is 17.3 Å². The fourth-order valence-electron chi connectivity index (χ4n) is 3.16. The van der Waals surface area contributed by atoms with Crippen LogP contribution in [0.4, 0.5) is 15.8 Å². The fraction of sp³-hybridized carbons (Fsp3) is 0.417. The first kappa shape index (κ1) is 23.7. The first-order valence-corrected chi connectivity index (χ1v) is 10.1. The molecule has 154 valence electrons. The Kier molecular flexibility index (Phi) is 9.74. The van der Waals surface area contributed by atoms with E-state index in [9.17, 15) is 4.39 Å². The maximum Gasteiger partial charge on any atom is 0.131 e. The van der Waals surface area contributed by atoms with Gasteiger partial charge in [-0.15, -0.1) is 0 Å². The van der Waals surface area contributed by atoms with Gasteiger partial charge in [-0.05, 0) is 44.0 Å². The summed E-state index contributed by atoms with van der Waals surface area (Å²) < 4.78 is 19.2. The molecular weight excluding hydrogens is 351 g/mol. The molecule has 4 N–H and O–H groups in total. The Labute approximate surface area is 169 Å². The molecule has 0 saturated carbocycles. The molecule has 0 aliphatic carbocycles. The molecule has 3 nitrogen and oxygen atoms in total. The molecule has 2 aromatic carbocycles. The fourth-order valence-corrected chi connectivity index (χ4v) is 3.16. The second-order valence-electron chi connectivity index (χ2n) is 6.81. The molecule has 0 aliphatic heterocycles. The third-order valence-corrected chi connectivity index (χ3v) is 4.98. The average Bonchev–Trinajstić information content (AvgIpc) is 2.72. The van der Waals surface area contributed by atoms with Gasteiger partial charge in [0.2, 0.25) is 0 Å². The van der Waals surface area contributed by atoms with Crippen LogP contribution in [0.1, 0.15) is 58.6 Å². The molecule has 1 unspecified atom stereocenters. The van der Waals surface area contributed by atoms with Gasteiger partial charge in [-0.3, -0.25) is 0 Å². The lowest BCUT2D eigenvalue weighted by Crippen LogP contribution is -2.43. The zero-order chi connectivity index (χ0) is 21.2. The topological polar surface area (TPSA) is 48.9 Å². The molecule has 1 atom stereocenters. The summed E-state index contributed by atoms with van der Waals surface area (Å²) >= 11 is 0. The highest BCUT2D eigenvalue weighted by molar-refractivity contribution is 5.63. The third-order valence-electron chi connectivity index (χ3n) is 4.98. The number of quaternary nitrogens is 1. The Bertz CT molecular complexity index is 773. The molecule has 0 aliphatic rings. The molecule has 2 rings (SSSR count). The van der Waals surface area contributed by atoms with Gasteiger partial charge < -0.3 is 15.8 Å². The van der Waals surface area contributed by atoms with E-state index in [0.717, 1.165) is 47.6 Å². The van der Waals surface area contributed by atoms with E-state index in [-0.39, 0.29) is 11.2 Å². The van der Waals surface area contributed by atoms with E-state index in [2.05, 4.69) is 44.0 Å². The highest BCUT2D eigenvalue weighted by Crippen LogP contribution is 2.36. The zero-order valence-corrected chi connectivity index (χ0v) is 18.2. The van der Waals surface area contributed by atoms with E-state index >= 15 is 0 Å². The Morgan fingerprint density at radius 3 is 2.46 bits per heavy atom. The van der Waals surface area contributed by atoms with E-state index in [1.807, 2.05) is 32.0 Å². The number of methoxy groups -OCH3 is 1. The summed E-state index contributed by atoms with van der Waals surface area (Å²) in [7, 11) is 1.68. The van der Waals surface area contributed by atoms with Crippen molar-refractivity contribution in [1.29, 1.82) is 0 Å². The maximum atomic E-state index is 13.7. The van der Waals surface area contributed by atoms with Gasteiger partial charge in [-0.1, -0.05) is 39.8 Å². The number of rotatable bonds is 8. The molecule has 0 amide bonds. The van der Waals surface area contributed by atoms with Crippen LogP contribution in [0.3, 0.4) is 0 Å². The second kappa shape index (κ2) is 11.5. The van der Waals surface area contributed by atoms with Crippen LogP contribution in [0.2, 0.25) is 0 Å². The molecule has 0 aromatic heterocycles. The van der Waals surface area contributed by atoms with Crippen LogP contribution in [0, 0.1) is 5.82 Å². The van der Waals surface area contributed by atoms with Crippen LogP contribution in [-0.2, 0) is 5.41 Å². The molecule has 0 spiro atoms. The summed E-state index contributed by atoms with van der Waals surface area (Å²) in [6.07, 6.45) is 5.91. The Morgan fingerprint density at radius 2 is 1.86 bits per heavy atom. The third kappa shape index (κ3) is 6.10. The van der Waals surface area contributed by atoms with Gasteiger partial charge >= 0.3 is 0 Å². The van der Waals surface area contributed by atoms with Crippen molar-refractivity contribution < 1.29 is 14.9 Å². The van der Waals surface area contributed by atoms with Gasteiger partial charge in [0.15, 0.2) is 0 Å². The van der Waals surface area contributed by atoms with Crippen molar-refractivity contribution in [1.82, 2.24) is 0 Å². The van der Waals surface area contributed by atoms with Gasteiger partial charge in [-0.25, -0.2) is 4.39 Å². The molecular formula is C24H36FN2O+. The smallest absolute Gasteiger partial charge is 0.131 e. The monoisotopic (exact) mass is 387 g/mol. The van der Waals surface area contributed by atoms with Crippen LogP contribution < -0.4 is 15.8 Å². The van der Waals surface area contributed by atoms with Gasteiger partial charge in [0, 0.05) is 40.9 Å². The largest absolute Gasteiger partial charge is 0.496 e. The van der Waals surface area contributed by atoms with Crippen molar-refractivity contribution in [2.24, 2.45) is 0 Å². The summed E-state index contributed by atoms with van der Waals surface area (Å²) in [6, 6.07) is 10.9. The number of allylic oxidation sites excluding steroid dienone is 1. The molecule has 4 heteroatoms. The lowest BCUT2D eigenvalue weighted by Gasteiger charge is -2.27. The van der Waals surface area contributed by atoms with E-state index in [0.29, 0.717) is 0 Å². The summed E-state index contributed by atoms with van der Waals surface area (Å²) in [5, 5.41) is 3.29. The standard InChI is InChI=1S/C22H29FN2O.C2H6/c1-5-22(3,19-14-17(23)10-12-20(19)24)13-7-8-16-9-11-18(25-6-2)15-21(16)26-4;1-2/h7-12,14-15,25H,5-6,13,24H2,1-4H3;1-2H3/p+1/b8-7+;. The average molecular weight is 388 g/mol. The number of hydrogen-bond acceptors (Lipinski definition) is 2. The van der Waals surface area contributed by atoms with Crippen LogP contribution in [-0.4, -0.2) is 13.7 Å². The number of hydrogen-bond donors (Lipinski definition) is 2. The van der Waals surface area contributed by atoms with E-state index < -0.39 is 0 Å². The molecule has 28 heavy (non-hydrogen) atoms. The normalized spacial score (nSPS) is 12.9. The first-order chi connectivity index (χ1) is 13.4. The van der Waals surface area contributed by atoms with Gasteiger partial charge in [0.05, 0.1) is 7.11 Å². The van der Waals surface area contributed by atoms with Gasteiger partial charge in [-0.2, -0.15) is 0 Å². The Morgan fingerprint density at radius 1 is 1.14 bits per heavy atom. The quantitative estimate of drug-likeness (QED) is 0.589. The lowest BCUT2D eigenvalue weighted by atomic mass is 9.76. The van der Waals surface area contributed by atoms with Gasteiger partial charge in [0.25, 0.3) is 0 Å². The van der Waals surface area contributed by atoms with Crippen molar-refractivity contribution in [3.63, 3.8) is 0 Å². The lowest BCUT2D eigenvalue weighted by molar-refractivity contribution is -0.256. The molecule has 0 bridgehead atoms. The van der Waals surface area contributed by atoms with Crippen molar-refractivity contribution in [2.75, 3.05) is 19.0 Å². The van der Waals surface area contributed by atoms with Crippen molar-refractivity contribution in [2.45, 2.75) is 52.9 Å². The number of anilines is 1. The Hall–Kier alpha value is -2.33. The number of nitrogens with one attached hydrogen (secondary N) is 1. The summed E-state index contributed by atoms with van der Waals surface area (Å²) in [6.45, 7) is 11.2. The SMILES string of the molecule is CC.CCNc1ccc(/C=C/CC(C)(CC)c2cc(F)ccc2[NH3+])c(OC)c1. The van der Waals surface area contributed by atoms with E-state index in [4.69, 9.17) is 4.74 Å². The number of halogens is 1.